The Labute approximate surface area is 69.9 Å². The minimum absolute atomic E-state index is 1.55. The molecule has 11 heavy (non-hydrogen) atoms. The summed E-state index contributed by atoms with van der Waals surface area (Å²) in [6.07, 6.45) is -1.55. The van der Waals surface area contributed by atoms with Crippen LogP contribution in [-0.4, -0.2) is 21.6 Å². The molecule has 2 nitrogen and oxygen atoms in total. The lowest BCUT2D eigenvalue weighted by atomic mass is 10.3. The summed E-state index contributed by atoms with van der Waals surface area (Å²) < 4.78 is 36.1. The molecule has 7 heteroatoms. The lowest BCUT2D eigenvalue weighted by molar-refractivity contribution is -0.142. The van der Waals surface area contributed by atoms with Gasteiger partial charge in [0, 0.05) is 0 Å². The zero-order chi connectivity index (χ0) is 9.28. The molecule has 1 unspecified atom stereocenters. The first kappa shape index (κ1) is 10.8. The average molecular weight is 211 g/mol. The van der Waals surface area contributed by atoms with Crippen molar-refractivity contribution in [2.75, 3.05) is 0 Å². The maximum Gasteiger partial charge on any atom is 0.369 e. The Hall–Kier alpha value is -0.160. The highest BCUT2D eigenvalue weighted by molar-refractivity contribution is 6.33. The average Bonchev–Trinajstić information content (AvgIpc) is 1.56. The van der Waals surface area contributed by atoms with Crippen LogP contribution >= 0.6 is 23.2 Å². The van der Waals surface area contributed by atoms with Crippen LogP contribution in [0.25, 0.3) is 0 Å². The van der Waals surface area contributed by atoms with E-state index in [0.29, 0.717) is 0 Å². The fourth-order valence-corrected chi connectivity index (χ4v) is 0.471. The van der Waals surface area contributed by atoms with Gasteiger partial charge in [-0.1, -0.05) is 11.6 Å². The van der Waals surface area contributed by atoms with Crippen molar-refractivity contribution in [3.63, 3.8) is 0 Å². The molecule has 0 heterocycles. The van der Waals surface area contributed by atoms with Gasteiger partial charge in [0.15, 0.2) is 0 Å². The molecule has 1 N–H and O–H groups in total. The van der Waals surface area contributed by atoms with Crippen molar-refractivity contribution < 1.29 is 23.1 Å². The molecule has 0 rings (SSSR count). The molecule has 0 spiro atoms. The van der Waals surface area contributed by atoms with Crippen molar-refractivity contribution in [1.82, 2.24) is 0 Å². The number of halogens is 5. The number of aliphatic carboxylic acids is 1. The normalized spacial score (nSPS) is 17.5. The largest absolute Gasteiger partial charge is 0.481 e. The fourth-order valence-electron chi connectivity index (χ4n) is 0.290. The van der Waals surface area contributed by atoms with Crippen LogP contribution in [0.4, 0.5) is 13.2 Å². The van der Waals surface area contributed by atoms with Gasteiger partial charge in [-0.2, -0.15) is 8.78 Å². The smallest absolute Gasteiger partial charge is 0.369 e. The molecule has 0 saturated carbocycles. The van der Waals surface area contributed by atoms with Gasteiger partial charge in [-0.05, 0) is 11.6 Å². The molecule has 1 atom stereocenters. The molecule has 0 aliphatic heterocycles. The van der Waals surface area contributed by atoms with Gasteiger partial charge >= 0.3 is 11.4 Å². The zero-order valence-electron chi connectivity index (χ0n) is 4.95. The number of carbonyl (C=O) groups is 1. The topological polar surface area (TPSA) is 37.3 Å². The van der Waals surface area contributed by atoms with Crippen molar-refractivity contribution in [1.29, 1.82) is 0 Å². The van der Waals surface area contributed by atoms with Crippen LogP contribution in [0.1, 0.15) is 6.42 Å². The van der Waals surface area contributed by atoms with E-state index in [1.54, 1.807) is 0 Å². The van der Waals surface area contributed by atoms with Crippen molar-refractivity contribution in [3.8, 4) is 0 Å². The molecule has 0 amide bonds. The van der Waals surface area contributed by atoms with Crippen LogP contribution < -0.4 is 0 Å². The van der Waals surface area contributed by atoms with Gasteiger partial charge in [0.05, 0.1) is 0 Å². The molecule has 0 aromatic heterocycles. The monoisotopic (exact) mass is 210 g/mol. The lowest BCUT2D eigenvalue weighted by Gasteiger charge is -2.20. The quantitative estimate of drug-likeness (QED) is 0.726. The number of rotatable bonds is 3. The van der Waals surface area contributed by atoms with E-state index in [1.165, 1.54) is 0 Å². The van der Waals surface area contributed by atoms with Crippen molar-refractivity contribution in [2.45, 2.75) is 16.9 Å². The van der Waals surface area contributed by atoms with Crippen LogP contribution in [0.5, 0.6) is 0 Å². The first-order valence-corrected chi connectivity index (χ1v) is 3.09. The molecule has 0 aliphatic rings. The SMILES string of the molecule is O=C(O)CC(F)(Cl)C(F)(F)Cl. The number of hydrogen-bond donors (Lipinski definition) is 1. The summed E-state index contributed by atoms with van der Waals surface area (Å²) in [7, 11) is 0. The van der Waals surface area contributed by atoms with E-state index >= 15 is 0 Å². The Bertz CT molecular complexity index is 165. The summed E-state index contributed by atoms with van der Waals surface area (Å²) in [6.45, 7) is 0. The van der Waals surface area contributed by atoms with Crippen molar-refractivity contribution in [3.05, 3.63) is 0 Å². The summed E-state index contributed by atoms with van der Waals surface area (Å²) in [4.78, 5) is 9.75. The molecule has 0 saturated heterocycles. The molecule has 0 aromatic rings. The Kier molecular flexibility index (Phi) is 3.02. The zero-order valence-corrected chi connectivity index (χ0v) is 6.46. The van der Waals surface area contributed by atoms with Crippen LogP contribution in [0.2, 0.25) is 0 Å². The summed E-state index contributed by atoms with van der Waals surface area (Å²) in [5.41, 5.74) is 0. The first-order valence-electron chi connectivity index (χ1n) is 2.33. The van der Waals surface area contributed by atoms with Crippen LogP contribution in [0.3, 0.4) is 0 Å². The molecule has 0 aliphatic carbocycles. The second-order valence-electron chi connectivity index (χ2n) is 1.77. The number of carboxylic acid groups (broad SMARTS) is 1. The van der Waals surface area contributed by atoms with Gasteiger partial charge in [0.1, 0.15) is 6.42 Å². The van der Waals surface area contributed by atoms with E-state index in [0.717, 1.165) is 0 Å². The highest BCUT2D eigenvalue weighted by atomic mass is 35.5. The highest BCUT2D eigenvalue weighted by Crippen LogP contribution is 2.41. The Morgan fingerprint density at radius 3 is 1.82 bits per heavy atom. The predicted molar refractivity (Wildman–Crippen MR) is 32.7 cm³/mol. The number of alkyl halides is 5. The van der Waals surface area contributed by atoms with E-state index in [2.05, 4.69) is 23.2 Å². The Morgan fingerprint density at radius 1 is 1.36 bits per heavy atom. The standard InChI is InChI=1S/C4H3Cl2F3O2/c5-3(7,1-2(10)11)4(6,8)9/h1H2,(H,10,11). The minimum atomic E-state index is -4.38. The lowest BCUT2D eigenvalue weighted by Crippen LogP contribution is -2.36. The fraction of sp³-hybridized carbons (Fsp3) is 0.750. The molecule has 0 aromatic carbocycles. The van der Waals surface area contributed by atoms with Gasteiger partial charge in [0.25, 0.3) is 5.13 Å². The van der Waals surface area contributed by atoms with E-state index in [9.17, 15) is 18.0 Å². The summed E-state index contributed by atoms with van der Waals surface area (Å²) in [5, 5.41) is -0.222. The molecule has 0 bridgehead atoms. The van der Waals surface area contributed by atoms with Gasteiger partial charge < -0.3 is 5.11 Å². The third-order valence-electron chi connectivity index (χ3n) is 0.788. The number of hydrogen-bond acceptors (Lipinski definition) is 1. The van der Waals surface area contributed by atoms with E-state index in [4.69, 9.17) is 5.11 Å². The summed E-state index contributed by atoms with van der Waals surface area (Å²) >= 11 is 8.64. The molecule has 66 valence electrons. The van der Waals surface area contributed by atoms with Crippen LogP contribution in [-0.2, 0) is 4.79 Å². The van der Waals surface area contributed by atoms with E-state index < -0.39 is 22.9 Å². The molecular weight excluding hydrogens is 208 g/mol. The van der Waals surface area contributed by atoms with E-state index in [1.807, 2.05) is 0 Å². The Balaban J connectivity index is 4.34. The van der Waals surface area contributed by atoms with Gasteiger partial charge in [-0.25, -0.2) is 4.39 Å². The second-order valence-corrected chi connectivity index (χ2v) is 2.85. The van der Waals surface area contributed by atoms with E-state index in [-0.39, 0.29) is 0 Å². The van der Waals surface area contributed by atoms with Crippen molar-refractivity contribution in [2.24, 2.45) is 0 Å². The highest BCUT2D eigenvalue weighted by Gasteiger charge is 2.53. The molecular formula is C4H3Cl2F3O2. The summed E-state index contributed by atoms with van der Waals surface area (Å²) in [6, 6.07) is 0. The Morgan fingerprint density at radius 2 is 1.73 bits per heavy atom. The van der Waals surface area contributed by atoms with Crippen molar-refractivity contribution >= 4 is 29.2 Å². The van der Waals surface area contributed by atoms with Gasteiger partial charge in [-0.3, -0.25) is 4.79 Å². The van der Waals surface area contributed by atoms with Gasteiger partial charge in [-0.15, -0.1) is 0 Å². The number of carboxylic acids is 1. The summed E-state index contributed by atoms with van der Waals surface area (Å²) in [5.74, 6) is -1.79. The van der Waals surface area contributed by atoms with Crippen LogP contribution in [0, 0.1) is 0 Å². The van der Waals surface area contributed by atoms with Gasteiger partial charge in [0.2, 0.25) is 0 Å². The first-order chi connectivity index (χ1) is 4.67. The second kappa shape index (κ2) is 3.06. The maximum atomic E-state index is 12.4. The third kappa shape index (κ3) is 3.16. The predicted octanol–water partition coefficient (Wildman–Crippen LogP) is 2.20. The van der Waals surface area contributed by atoms with Crippen LogP contribution in [0.15, 0.2) is 0 Å². The molecule has 0 fully saturated rings. The maximum absolute atomic E-state index is 12.4. The third-order valence-corrected chi connectivity index (χ3v) is 1.56. The minimum Gasteiger partial charge on any atom is -0.481 e. The molecule has 0 radical (unpaired) electrons.